The average molecular weight is 348 g/mol. The van der Waals surface area contributed by atoms with E-state index in [0.29, 0.717) is 41.0 Å². The Hall–Kier alpha value is -2.34. The first-order valence-corrected chi connectivity index (χ1v) is 7.98. The van der Waals surface area contributed by atoms with Gasteiger partial charge in [0.25, 0.3) is 5.91 Å². The molecule has 1 aromatic carbocycles. The van der Waals surface area contributed by atoms with Crippen molar-refractivity contribution in [1.29, 1.82) is 0 Å². The van der Waals surface area contributed by atoms with E-state index in [1.54, 1.807) is 18.9 Å². The number of amides is 1. The Balaban J connectivity index is 1.82. The van der Waals surface area contributed by atoms with Crippen molar-refractivity contribution in [2.24, 2.45) is 0 Å². The van der Waals surface area contributed by atoms with Gasteiger partial charge >= 0.3 is 0 Å². The maximum atomic E-state index is 12.7. The lowest BCUT2D eigenvalue weighted by atomic mass is 10.1. The van der Waals surface area contributed by atoms with Gasteiger partial charge in [0.05, 0.1) is 5.02 Å². The van der Waals surface area contributed by atoms with Crippen molar-refractivity contribution in [1.82, 2.24) is 15.0 Å². The zero-order valence-electron chi connectivity index (χ0n) is 14.0. The summed E-state index contributed by atoms with van der Waals surface area (Å²) in [6.07, 6.45) is 0.513. The predicted molar refractivity (Wildman–Crippen MR) is 90.4 cm³/mol. The van der Waals surface area contributed by atoms with Crippen LogP contribution in [0.1, 0.15) is 33.4 Å². The summed E-state index contributed by atoms with van der Waals surface area (Å²) in [7, 11) is 1.72. The molecule has 3 rings (SSSR count). The molecule has 7 heteroatoms. The topological polar surface area (TPSA) is 72.4 Å². The molecule has 2 heterocycles. The van der Waals surface area contributed by atoms with E-state index < -0.39 is 0 Å². The largest absolute Gasteiger partial charge is 0.449 e. The standard InChI is InChI=1S/C17H18ClN3O3/c1-9-7-12-10(2)15(23-16(12)13(18)8-9)17(22)21(4)6-5-14-19-11(3)24-20-14/h7-8H,5-6H2,1-4H3. The summed E-state index contributed by atoms with van der Waals surface area (Å²) in [4.78, 5) is 18.4. The quantitative estimate of drug-likeness (QED) is 0.719. The van der Waals surface area contributed by atoms with Crippen LogP contribution in [0, 0.1) is 20.8 Å². The molecule has 1 amide bonds. The summed E-state index contributed by atoms with van der Waals surface area (Å²) in [5.74, 6) is 1.20. The van der Waals surface area contributed by atoms with E-state index in [9.17, 15) is 4.79 Å². The molecule has 0 bridgehead atoms. The zero-order chi connectivity index (χ0) is 17.4. The number of benzene rings is 1. The minimum absolute atomic E-state index is 0.197. The van der Waals surface area contributed by atoms with Crippen LogP contribution in [0.15, 0.2) is 21.1 Å². The van der Waals surface area contributed by atoms with Crippen LogP contribution in [0.25, 0.3) is 11.0 Å². The fourth-order valence-electron chi connectivity index (χ4n) is 2.60. The highest BCUT2D eigenvalue weighted by Crippen LogP contribution is 2.32. The summed E-state index contributed by atoms with van der Waals surface area (Å²) < 4.78 is 10.7. The zero-order valence-corrected chi connectivity index (χ0v) is 14.8. The Labute approximate surface area is 144 Å². The van der Waals surface area contributed by atoms with Gasteiger partial charge in [-0.15, -0.1) is 0 Å². The first-order chi connectivity index (χ1) is 11.4. The fraction of sp³-hybridized carbons (Fsp3) is 0.353. The fourth-order valence-corrected chi connectivity index (χ4v) is 2.91. The van der Waals surface area contributed by atoms with E-state index in [-0.39, 0.29) is 5.91 Å². The van der Waals surface area contributed by atoms with Crippen LogP contribution in [0.3, 0.4) is 0 Å². The molecule has 0 spiro atoms. The second-order valence-corrected chi connectivity index (χ2v) is 6.29. The molecule has 0 unspecified atom stereocenters. The molecule has 0 saturated carbocycles. The van der Waals surface area contributed by atoms with Crippen LogP contribution >= 0.6 is 11.6 Å². The van der Waals surface area contributed by atoms with E-state index >= 15 is 0 Å². The lowest BCUT2D eigenvalue weighted by Gasteiger charge is -2.14. The maximum Gasteiger partial charge on any atom is 0.289 e. The molecule has 0 fully saturated rings. The summed E-state index contributed by atoms with van der Waals surface area (Å²) >= 11 is 6.23. The SMILES string of the molecule is Cc1cc(Cl)c2oc(C(=O)N(C)CCc3noc(C)n3)c(C)c2c1. The monoisotopic (exact) mass is 347 g/mol. The number of halogens is 1. The first kappa shape index (κ1) is 16.5. The lowest BCUT2D eigenvalue weighted by Crippen LogP contribution is -2.29. The minimum atomic E-state index is -0.197. The third-order valence-electron chi connectivity index (χ3n) is 3.92. The van der Waals surface area contributed by atoms with Crippen molar-refractivity contribution < 1.29 is 13.7 Å². The predicted octanol–water partition coefficient (Wildman–Crippen LogP) is 3.71. The average Bonchev–Trinajstić information content (AvgIpc) is 3.09. The van der Waals surface area contributed by atoms with Gasteiger partial charge in [-0.25, -0.2) is 0 Å². The summed E-state index contributed by atoms with van der Waals surface area (Å²) in [5.41, 5.74) is 2.37. The minimum Gasteiger partial charge on any atom is -0.449 e. The molecule has 0 aliphatic carbocycles. The molecule has 3 aromatic rings. The number of carbonyl (C=O) groups excluding carboxylic acids is 1. The molecule has 24 heavy (non-hydrogen) atoms. The Bertz CT molecular complexity index is 913. The van der Waals surface area contributed by atoms with Crippen molar-refractivity contribution in [3.63, 3.8) is 0 Å². The number of rotatable bonds is 4. The lowest BCUT2D eigenvalue weighted by molar-refractivity contribution is 0.0765. The van der Waals surface area contributed by atoms with Gasteiger partial charge in [0.1, 0.15) is 0 Å². The Morgan fingerprint density at radius 2 is 2.04 bits per heavy atom. The second kappa shape index (κ2) is 6.28. The Morgan fingerprint density at radius 3 is 2.71 bits per heavy atom. The third kappa shape index (κ3) is 3.01. The molecule has 0 aliphatic heterocycles. The van der Waals surface area contributed by atoms with Gasteiger partial charge in [0, 0.05) is 37.9 Å². The van der Waals surface area contributed by atoms with Gasteiger partial charge in [0.15, 0.2) is 17.2 Å². The van der Waals surface area contributed by atoms with Crippen molar-refractivity contribution in [3.05, 3.63) is 45.8 Å². The number of nitrogens with zero attached hydrogens (tertiary/aromatic N) is 3. The van der Waals surface area contributed by atoms with E-state index in [2.05, 4.69) is 10.1 Å². The Morgan fingerprint density at radius 1 is 1.29 bits per heavy atom. The molecule has 6 nitrogen and oxygen atoms in total. The van der Waals surface area contributed by atoms with Gasteiger partial charge < -0.3 is 13.8 Å². The molecule has 0 aliphatic rings. The number of furan rings is 1. The highest BCUT2D eigenvalue weighted by atomic mass is 35.5. The number of carbonyl (C=O) groups is 1. The molecule has 2 aromatic heterocycles. The van der Waals surface area contributed by atoms with Gasteiger partial charge in [-0.05, 0) is 31.5 Å². The van der Waals surface area contributed by atoms with Crippen molar-refractivity contribution in [3.8, 4) is 0 Å². The van der Waals surface area contributed by atoms with Crippen molar-refractivity contribution in [2.75, 3.05) is 13.6 Å². The number of hydrogen-bond acceptors (Lipinski definition) is 5. The van der Waals surface area contributed by atoms with Crippen molar-refractivity contribution >= 4 is 28.5 Å². The summed E-state index contributed by atoms with van der Waals surface area (Å²) in [5, 5.41) is 5.21. The number of likely N-dealkylation sites (N-methyl/N-ethyl adjacent to an activating group) is 1. The number of fused-ring (bicyclic) bond motifs is 1. The van der Waals surface area contributed by atoms with Gasteiger partial charge in [-0.3, -0.25) is 4.79 Å². The summed E-state index contributed by atoms with van der Waals surface area (Å²) in [6, 6.07) is 3.79. The van der Waals surface area contributed by atoms with E-state index in [4.69, 9.17) is 20.5 Å². The van der Waals surface area contributed by atoms with E-state index in [1.807, 2.05) is 26.0 Å². The van der Waals surface area contributed by atoms with Gasteiger partial charge in [0.2, 0.25) is 5.89 Å². The molecular formula is C17H18ClN3O3. The normalized spacial score (nSPS) is 11.2. The first-order valence-electron chi connectivity index (χ1n) is 7.60. The molecule has 126 valence electrons. The van der Waals surface area contributed by atoms with E-state index in [0.717, 1.165) is 16.5 Å². The maximum absolute atomic E-state index is 12.7. The molecule has 0 atom stereocenters. The van der Waals surface area contributed by atoms with Crippen LogP contribution in [0.4, 0.5) is 0 Å². The van der Waals surface area contributed by atoms with E-state index in [1.165, 1.54) is 0 Å². The smallest absolute Gasteiger partial charge is 0.289 e. The van der Waals surface area contributed by atoms with Crippen LogP contribution in [0.2, 0.25) is 5.02 Å². The highest BCUT2D eigenvalue weighted by Gasteiger charge is 2.22. The van der Waals surface area contributed by atoms with Crippen LogP contribution in [-0.4, -0.2) is 34.5 Å². The highest BCUT2D eigenvalue weighted by molar-refractivity contribution is 6.35. The van der Waals surface area contributed by atoms with Crippen LogP contribution in [-0.2, 0) is 6.42 Å². The Kier molecular flexibility index (Phi) is 4.32. The number of hydrogen-bond donors (Lipinski definition) is 0. The van der Waals surface area contributed by atoms with Crippen molar-refractivity contribution in [2.45, 2.75) is 27.2 Å². The van der Waals surface area contributed by atoms with Gasteiger partial charge in [-0.2, -0.15) is 4.98 Å². The summed E-state index contributed by atoms with van der Waals surface area (Å²) in [6.45, 7) is 6.01. The third-order valence-corrected chi connectivity index (χ3v) is 4.20. The molecular weight excluding hydrogens is 330 g/mol. The number of aryl methyl sites for hydroxylation is 3. The molecule has 0 radical (unpaired) electrons. The van der Waals surface area contributed by atoms with Crippen LogP contribution in [0.5, 0.6) is 0 Å². The molecule has 0 N–H and O–H groups in total. The molecule has 0 saturated heterocycles. The van der Waals surface area contributed by atoms with Gasteiger partial charge in [-0.1, -0.05) is 16.8 Å². The number of aromatic nitrogens is 2. The van der Waals surface area contributed by atoms with Crippen LogP contribution < -0.4 is 0 Å². The second-order valence-electron chi connectivity index (χ2n) is 5.89.